The molecule has 1 aliphatic rings. The molecule has 0 saturated heterocycles. The predicted octanol–water partition coefficient (Wildman–Crippen LogP) is 2.27. The summed E-state index contributed by atoms with van der Waals surface area (Å²) in [5.74, 6) is 0.767. The second-order valence-electron chi connectivity index (χ2n) is 6.04. The van der Waals surface area contributed by atoms with Crippen LogP contribution in [0.4, 0.5) is 5.82 Å². The molecule has 1 aromatic carbocycles. The molecule has 6 nitrogen and oxygen atoms in total. The third-order valence-corrected chi connectivity index (χ3v) is 4.63. The van der Waals surface area contributed by atoms with Crippen LogP contribution in [0.15, 0.2) is 24.3 Å². The molecule has 2 N–H and O–H groups in total. The highest BCUT2D eigenvalue weighted by molar-refractivity contribution is 6.00. The molecule has 0 fully saturated rings. The fourth-order valence-corrected chi connectivity index (χ4v) is 3.40. The van der Waals surface area contributed by atoms with Gasteiger partial charge in [-0.05, 0) is 19.1 Å². The van der Waals surface area contributed by atoms with E-state index in [4.69, 9.17) is 4.98 Å². The Morgan fingerprint density at radius 1 is 1.25 bits per heavy atom. The number of fused-ring (bicyclic) bond motifs is 2. The van der Waals surface area contributed by atoms with Crippen LogP contribution in [-0.4, -0.2) is 34.0 Å². The summed E-state index contributed by atoms with van der Waals surface area (Å²) in [6.45, 7) is 2.62. The van der Waals surface area contributed by atoms with Gasteiger partial charge < -0.3 is 15.2 Å². The Hall–Kier alpha value is -2.89. The minimum absolute atomic E-state index is 0.00354. The maximum Gasteiger partial charge on any atom is 0.253 e. The van der Waals surface area contributed by atoms with Gasteiger partial charge in [-0.2, -0.15) is 0 Å². The fourth-order valence-electron chi connectivity index (χ4n) is 3.40. The van der Waals surface area contributed by atoms with E-state index in [0.717, 1.165) is 51.5 Å². The van der Waals surface area contributed by atoms with E-state index in [0.29, 0.717) is 6.54 Å². The zero-order valence-corrected chi connectivity index (χ0v) is 14.0. The van der Waals surface area contributed by atoms with Crippen LogP contribution < -0.4 is 10.6 Å². The topological polar surface area (TPSA) is 71.8 Å². The van der Waals surface area contributed by atoms with Crippen molar-refractivity contribution in [3.8, 4) is 11.3 Å². The van der Waals surface area contributed by atoms with E-state index in [1.165, 1.54) is 0 Å². The summed E-state index contributed by atoms with van der Waals surface area (Å²) in [5, 5.41) is 6.00. The van der Waals surface area contributed by atoms with Crippen molar-refractivity contribution in [1.29, 1.82) is 0 Å². The monoisotopic (exact) mass is 321 g/mol. The number of hydrogen-bond acceptors (Lipinski definition) is 4. The van der Waals surface area contributed by atoms with Crippen molar-refractivity contribution in [2.75, 3.05) is 18.9 Å². The lowest BCUT2D eigenvalue weighted by Crippen LogP contribution is -2.31. The zero-order chi connectivity index (χ0) is 16.8. The number of nitrogens with zero attached hydrogens (tertiary/aromatic N) is 3. The highest BCUT2D eigenvalue weighted by Crippen LogP contribution is 2.32. The Morgan fingerprint density at radius 2 is 2.08 bits per heavy atom. The fraction of sp³-hybridized carbons (Fsp3) is 0.278. The molecule has 0 unspecified atom stereocenters. The van der Waals surface area contributed by atoms with E-state index in [1.807, 2.05) is 45.3 Å². The Balaban J connectivity index is 1.99. The summed E-state index contributed by atoms with van der Waals surface area (Å²) >= 11 is 0. The number of benzene rings is 1. The maximum atomic E-state index is 12.1. The van der Waals surface area contributed by atoms with Crippen molar-refractivity contribution < 1.29 is 4.79 Å². The molecule has 2 aromatic heterocycles. The highest BCUT2D eigenvalue weighted by atomic mass is 16.1. The molecule has 0 aliphatic carbocycles. The van der Waals surface area contributed by atoms with Gasteiger partial charge in [0, 0.05) is 38.3 Å². The van der Waals surface area contributed by atoms with Crippen LogP contribution >= 0.6 is 0 Å². The first-order valence-electron chi connectivity index (χ1n) is 8.02. The van der Waals surface area contributed by atoms with Gasteiger partial charge in [-0.3, -0.25) is 4.79 Å². The number of aryl methyl sites for hydroxylation is 1. The molecule has 24 heavy (non-hydrogen) atoms. The van der Waals surface area contributed by atoms with Crippen LogP contribution in [0.3, 0.4) is 0 Å². The van der Waals surface area contributed by atoms with Gasteiger partial charge in [-0.15, -0.1) is 0 Å². The molecule has 122 valence electrons. The van der Waals surface area contributed by atoms with Crippen molar-refractivity contribution >= 4 is 22.8 Å². The van der Waals surface area contributed by atoms with Crippen molar-refractivity contribution in [2.24, 2.45) is 7.05 Å². The van der Waals surface area contributed by atoms with Crippen molar-refractivity contribution in [3.05, 3.63) is 41.2 Å². The summed E-state index contributed by atoms with van der Waals surface area (Å²) in [5.41, 5.74) is 6.36. The second kappa shape index (κ2) is 5.33. The average Bonchev–Trinajstić information content (AvgIpc) is 2.92. The van der Waals surface area contributed by atoms with E-state index in [1.54, 1.807) is 0 Å². The van der Waals surface area contributed by atoms with Gasteiger partial charge in [0.15, 0.2) is 0 Å². The normalized spacial score (nSPS) is 13.7. The number of anilines is 1. The van der Waals surface area contributed by atoms with Gasteiger partial charge >= 0.3 is 0 Å². The smallest absolute Gasteiger partial charge is 0.253 e. The molecule has 0 bridgehead atoms. The molecule has 1 amide bonds. The number of carbonyl (C=O) groups is 1. The summed E-state index contributed by atoms with van der Waals surface area (Å²) in [7, 11) is 3.85. The van der Waals surface area contributed by atoms with Gasteiger partial charge in [0.05, 0.1) is 22.5 Å². The lowest BCUT2D eigenvalue weighted by Gasteiger charge is -2.15. The molecule has 0 saturated carbocycles. The average molecular weight is 321 g/mol. The molecule has 3 aromatic rings. The minimum atomic E-state index is -0.00354. The molecule has 0 radical (unpaired) electrons. The van der Waals surface area contributed by atoms with Crippen LogP contribution in [0.1, 0.15) is 21.7 Å². The number of hydrogen-bond donors (Lipinski definition) is 2. The molecule has 6 heteroatoms. The molecule has 1 aliphatic heterocycles. The quantitative estimate of drug-likeness (QED) is 0.759. The Kier molecular flexibility index (Phi) is 3.26. The van der Waals surface area contributed by atoms with E-state index in [9.17, 15) is 4.79 Å². The highest BCUT2D eigenvalue weighted by Gasteiger charge is 2.23. The first kappa shape index (κ1) is 14.7. The molecule has 0 spiro atoms. The van der Waals surface area contributed by atoms with Gasteiger partial charge in [-0.1, -0.05) is 12.1 Å². The Bertz CT molecular complexity index is 973. The third-order valence-electron chi connectivity index (χ3n) is 4.63. The number of amides is 1. The van der Waals surface area contributed by atoms with Crippen molar-refractivity contribution in [3.63, 3.8) is 0 Å². The first-order chi connectivity index (χ1) is 11.6. The van der Waals surface area contributed by atoms with Crippen LogP contribution in [0.5, 0.6) is 0 Å². The van der Waals surface area contributed by atoms with Crippen LogP contribution in [0.2, 0.25) is 0 Å². The molecular weight excluding hydrogens is 302 g/mol. The number of rotatable bonds is 2. The van der Waals surface area contributed by atoms with E-state index in [-0.39, 0.29) is 5.91 Å². The lowest BCUT2D eigenvalue weighted by molar-refractivity contribution is 0.0945. The minimum Gasteiger partial charge on any atom is -0.372 e. The standard InChI is InChI=1S/C18H19N5O/c1-10-17(19-2)22-16-11(5-4-6-13(16)21-10)15-9-12-14(23(15)3)7-8-20-18(12)24/h4-6,9H,7-8H2,1-3H3,(H,19,22)(H,20,24). The van der Waals surface area contributed by atoms with E-state index < -0.39 is 0 Å². The SMILES string of the molecule is CNc1nc2c(-c3cc4c(n3C)CCNC4=O)cccc2nc1C. The van der Waals surface area contributed by atoms with Gasteiger partial charge in [0.2, 0.25) is 0 Å². The maximum absolute atomic E-state index is 12.1. The molecule has 4 rings (SSSR count). The largest absolute Gasteiger partial charge is 0.372 e. The first-order valence-corrected chi connectivity index (χ1v) is 8.02. The van der Waals surface area contributed by atoms with E-state index in [2.05, 4.69) is 20.2 Å². The number of aromatic nitrogens is 3. The van der Waals surface area contributed by atoms with Crippen LogP contribution in [0, 0.1) is 6.92 Å². The molecule has 3 heterocycles. The number of carbonyl (C=O) groups excluding carboxylic acids is 1. The lowest BCUT2D eigenvalue weighted by atomic mass is 10.1. The van der Waals surface area contributed by atoms with Gasteiger partial charge in [0.25, 0.3) is 5.91 Å². The van der Waals surface area contributed by atoms with Crippen LogP contribution in [0.25, 0.3) is 22.3 Å². The summed E-state index contributed by atoms with van der Waals surface area (Å²) in [4.78, 5) is 21.5. The predicted molar refractivity (Wildman–Crippen MR) is 94.3 cm³/mol. The van der Waals surface area contributed by atoms with Crippen LogP contribution in [-0.2, 0) is 13.5 Å². The summed E-state index contributed by atoms with van der Waals surface area (Å²) < 4.78 is 2.10. The molecular formula is C18H19N5O. The number of para-hydroxylation sites is 1. The zero-order valence-electron chi connectivity index (χ0n) is 14.0. The third kappa shape index (κ3) is 2.06. The number of nitrogens with one attached hydrogen (secondary N) is 2. The molecule has 0 atom stereocenters. The van der Waals surface area contributed by atoms with Gasteiger partial charge in [-0.25, -0.2) is 9.97 Å². The van der Waals surface area contributed by atoms with Crippen molar-refractivity contribution in [2.45, 2.75) is 13.3 Å². The summed E-state index contributed by atoms with van der Waals surface area (Å²) in [6, 6.07) is 7.94. The summed E-state index contributed by atoms with van der Waals surface area (Å²) in [6.07, 6.45) is 0.842. The van der Waals surface area contributed by atoms with Crippen molar-refractivity contribution in [1.82, 2.24) is 19.9 Å². The Labute approximate surface area is 139 Å². The van der Waals surface area contributed by atoms with E-state index >= 15 is 0 Å². The van der Waals surface area contributed by atoms with Gasteiger partial charge in [0.1, 0.15) is 11.3 Å². The Morgan fingerprint density at radius 3 is 2.83 bits per heavy atom. The second-order valence-corrected chi connectivity index (χ2v) is 6.04.